The number of benzene rings is 1. The van der Waals surface area contributed by atoms with Gasteiger partial charge in [0.15, 0.2) is 5.78 Å². The van der Waals surface area contributed by atoms with Crippen LogP contribution < -0.4 is 5.73 Å². The number of nitrogens with zero attached hydrogens (tertiary/aromatic N) is 1. The van der Waals surface area contributed by atoms with Crippen LogP contribution in [-0.2, 0) is 9.59 Å². The molecule has 5 heteroatoms. The molecule has 1 fully saturated rings. The second-order valence-corrected chi connectivity index (χ2v) is 7.38. The average molecular weight is 344 g/mol. The third kappa shape index (κ3) is 4.27. The van der Waals surface area contributed by atoms with Crippen LogP contribution in [0.3, 0.4) is 0 Å². The number of carbonyl (C=O) groups excluding carboxylic acids is 3. The van der Waals surface area contributed by atoms with E-state index in [1.165, 1.54) is 0 Å². The summed E-state index contributed by atoms with van der Waals surface area (Å²) in [7, 11) is 0. The van der Waals surface area contributed by atoms with Crippen molar-refractivity contribution in [2.24, 2.45) is 17.6 Å². The zero-order valence-corrected chi connectivity index (χ0v) is 15.5. The summed E-state index contributed by atoms with van der Waals surface area (Å²) in [6.07, 6.45) is 1.52. The summed E-state index contributed by atoms with van der Waals surface area (Å²) >= 11 is 0. The maximum atomic E-state index is 12.9. The number of carbonyl (C=O) groups is 3. The fourth-order valence-corrected chi connectivity index (χ4v) is 3.31. The van der Waals surface area contributed by atoms with E-state index in [4.69, 9.17) is 5.73 Å². The quantitative estimate of drug-likeness (QED) is 0.834. The minimum atomic E-state index is -0.339. The molecule has 0 unspecified atom stereocenters. The van der Waals surface area contributed by atoms with Gasteiger partial charge in [-0.05, 0) is 32.3 Å². The van der Waals surface area contributed by atoms with Crippen molar-refractivity contribution in [3.05, 3.63) is 35.4 Å². The first-order valence-electron chi connectivity index (χ1n) is 8.96. The van der Waals surface area contributed by atoms with Crippen LogP contribution in [0.25, 0.3) is 0 Å². The molecule has 1 aromatic rings. The Balaban J connectivity index is 2.13. The summed E-state index contributed by atoms with van der Waals surface area (Å²) in [5.74, 6) is -0.879. The number of hydrogen-bond acceptors (Lipinski definition) is 3. The highest BCUT2D eigenvalue weighted by Crippen LogP contribution is 2.27. The molecule has 136 valence electrons. The number of primary amides is 1. The van der Waals surface area contributed by atoms with Gasteiger partial charge in [0.2, 0.25) is 11.8 Å². The third-order valence-electron chi connectivity index (χ3n) is 5.16. The van der Waals surface area contributed by atoms with Gasteiger partial charge in [-0.1, -0.05) is 38.1 Å². The van der Waals surface area contributed by atoms with Crippen molar-refractivity contribution in [2.75, 3.05) is 6.54 Å². The lowest BCUT2D eigenvalue weighted by atomic mass is 9.90. The predicted molar refractivity (Wildman–Crippen MR) is 97.1 cm³/mol. The Morgan fingerprint density at radius 2 is 1.68 bits per heavy atom. The van der Waals surface area contributed by atoms with Gasteiger partial charge in [0.25, 0.3) is 0 Å². The van der Waals surface area contributed by atoms with Crippen LogP contribution in [0.4, 0.5) is 0 Å². The zero-order chi connectivity index (χ0) is 18.7. The first kappa shape index (κ1) is 19.2. The Morgan fingerprint density at radius 1 is 1.08 bits per heavy atom. The summed E-state index contributed by atoms with van der Waals surface area (Å²) in [5, 5.41) is 0. The summed E-state index contributed by atoms with van der Waals surface area (Å²) in [6, 6.07) is 7.37. The van der Waals surface area contributed by atoms with E-state index in [1.807, 2.05) is 39.8 Å². The molecule has 0 bridgehead atoms. The molecule has 1 saturated heterocycles. The molecule has 2 rings (SSSR count). The highest BCUT2D eigenvalue weighted by Gasteiger charge is 2.33. The van der Waals surface area contributed by atoms with Gasteiger partial charge in [0, 0.05) is 24.1 Å². The second kappa shape index (κ2) is 7.81. The molecule has 1 aliphatic rings. The molecular formula is C20H28N2O3. The molecular weight excluding hydrogens is 316 g/mol. The largest absolute Gasteiger partial charge is 0.369 e. The molecule has 2 amide bonds. The maximum absolute atomic E-state index is 12.9. The summed E-state index contributed by atoms with van der Waals surface area (Å²) < 4.78 is 0. The van der Waals surface area contributed by atoms with Gasteiger partial charge < -0.3 is 10.6 Å². The van der Waals surface area contributed by atoms with Crippen molar-refractivity contribution in [1.29, 1.82) is 0 Å². The van der Waals surface area contributed by atoms with E-state index in [0.29, 0.717) is 12.1 Å². The topological polar surface area (TPSA) is 80.5 Å². The highest BCUT2D eigenvalue weighted by atomic mass is 16.2. The van der Waals surface area contributed by atoms with Crippen LogP contribution in [0.1, 0.15) is 62.4 Å². The Kier molecular flexibility index (Phi) is 5.98. The number of piperidine rings is 1. The lowest BCUT2D eigenvalue weighted by Gasteiger charge is -2.38. The monoisotopic (exact) mass is 344 g/mol. The maximum Gasteiger partial charge on any atom is 0.230 e. The van der Waals surface area contributed by atoms with Crippen LogP contribution in [0, 0.1) is 11.8 Å². The minimum absolute atomic E-state index is 0.00128. The Morgan fingerprint density at radius 3 is 2.20 bits per heavy atom. The number of Topliss-reactive ketones (excluding diaryl/α,β-unsaturated/α-hetero) is 1. The van der Waals surface area contributed by atoms with Crippen LogP contribution in [0.5, 0.6) is 0 Å². The number of amides is 2. The van der Waals surface area contributed by atoms with Crippen molar-refractivity contribution in [3.8, 4) is 0 Å². The van der Waals surface area contributed by atoms with Gasteiger partial charge in [-0.25, -0.2) is 0 Å². The second-order valence-electron chi connectivity index (χ2n) is 7.38. The molecule has 0 saturated carbocycles. The van der Waals surface area contributed by atoms with Crippen LogP contribution in [0.15, 0.2) is 24.3 Å². The number of rotatable bonds is 5. The van der Waals surface area contributed by atoms with E-state index in [0.717, 1.165) is 18.4 Å². The SMILES string of the molecule is CC(C)C(=O)c1ccc([C@H](C)C(=O)N2C[C@H](C(N)=O)CC[C@H]2C)cc1. The van der Waals surface area contributed by atoms with E-state index in [1.54, 1.807) is 17.0 Å². The minimum Gasteiger partial charge on any atom is -0.369 e. The predicted octanol–water partition coefficient (Wildman–Crippen LogP) is 2.74. The van der Waals surface area contributed by atoms with Crippen molar-refractivity contribution in [1.82, 2.24) is 4.90 Å². The number of hydrogen-bond donors (Lipinski definition) is 1. The molecule has 0 spiro atoms. The van der Waals surface area contributed by atoms with Crippen LogP contribution in [-0.4, -0.2) is 35.1 Å². The number of ketones is 1. The van der Waals surface area contributed by atoms with Gasteiger partial charge >= 0.3 is 0 Å². The molecule has 1 aliphatic heterocycles. The third-order valence-corrected chi connectivity index (χ3v) is 5.16. The Hall–Kier alpha value is -2.17. The Bertz CT molecular complexity index is 651. The molecule has 5 nitrogen and oxygen atoms in total. The first-order valence-corrected chi connectivity index (χ1v) is 8.96. The van der Waals surface area contributed by atoms with Gasteiger partial charge in [-0.2, -0.15) is 0 Å². The van der Waals surface area contributed by atoms with Crippen molar-refractivity contribution < 1.29 is 14.4 Å². The van der Waals surface area contributed by atoms with E-state index in [2.05, 4.69) is 0 Å². The van der Waals surface area contributed by atoms with Gasteiger partial charge in [-0.3, -0.25) is 14.4 Å². The molecule has 25 heavy (non-hydrogen) atoms. The zero-order valence-electron chi connectivity index (χ0n) is 15.5. The van der Waals surface area contributed by atoms with E-state index in [9.17, 15) is 14.4 Å². The highest BCUT2D eigenvalue weighted by molar-refractivity contribution is 5.97. The van der Waals surface area contributed by atoms with Crippen LogP contribution >= 0.6 is 0 Å². The normalized spacial score (nSPS) is 21.9. The lowest BCUT2D eigenvalue weighted by Crippen LogP contribution is -2.49. The van der Waals surface area contributed by atoms with Gasteiger partial charge in [0.05, 0.1) is 11.8 Å². The summed E-state index contributed by atoms with van der Waals surface area (Å²) in [4.78, 5) is 38.2. The first-order chi connectivity index (χ1) is 11.7. The van der Waals surface area contributed by atoms with Gasteiger partial charge in [0.1, 0.15) is 0 Å². The van der Waals surface area contributed by atoms with E-state index in [-0.39, 0.29) is 41.4 Å². The smallest absolute Gasteiger partial charge is 0.230 e. The van der Waals surface area contributed by atoms with Crippen molar-refractivity contribution in [3.63, 3.8) is 0 Å². The fourth-order valence-electron chi connectivity index (χ4n) is 3.31. The Labute approximate surface area is 149 Å². The molecule has 0 aromatic heterocycles. The van der Waals surface area contributed by atoms with E-state index < -0.39 is 0 Å². The molecule has 0 aliphatic carbocycles. The molecule has 3 atom stereocenters. The van der Waals surface area contributed by atoms with Crippen molar-refractivity contribution >= 4 is 17.6 Å². The summed E-state index contributed by atoms with van der Waals surface area (Å²) in [5.41, 5.74) is 6.96. The molecule has 2 N–H and O–H groups in total. The summed E-state index contributed by atoms with van der Waals surface area (Å²) in [6.45, 7) is 8.00. The molecule has 1 heterocycles. The molecule has 0 radical (unpaired) electrons. The van der Waals surface area contributed by atoms with Crippen LogP contribution in [0.2, 0.25) is 0 Å². The van der Waals surface area contributed by atoms with E-state index >= 15 is 0 Å². The van der Waals surface area contributed by atoms with Crippen molar-refractivity contribution in [2.45, 2.75) is 52.5 Å². The lowest BCUT2D eigenvalue weighted by molar-refractivity contribution is -0.138. The molecule has 1 aromatic carbocycles. The number of nitrogens with two attached hydrogens (primary N) is 1. The number of likely N-dealkylation sites (tertiary alicyclic amines) is 1. The van der Waals surface area contributed by atoms with Gasteiger partial charge in [-0.15, -0.1) is 0 Å². The fraction of sp³-hybridized carbons (Fsp3) is 0.550. The standard InChI is InChI=1S/C20H28N2O3/c1-12(2)18(23)16-9-7-15(8-10-16)14(4)20(25)22-11-17(19(21)24)6-5-13(22)3/h7-10,12-14,17H,5-6,11H2,1-4H3,(H2,21,24)/t13-,14+,17-/m1/s1. The average Bonchev–Trinajstić information content (AvgIpc) is 2.60.